The van der Waals surface area contributed by atoms with Crippen LogP contribution < -0.4 is 4.74 Å². The maximum absolute atomic E-state index is 12.5. The van der Waals surface area contributed by atoms with Crippen LogP contribution in [-0.2, 0) is 7.05 Å². The van der Waals surface area contributed by atoms with Crippen LogP contribution in [0.4, 0.5) is 0 Å². The first-order valence-electron chi connectivity index (χ1n) is 8.48. The lowest BCUT2D eigenvalue weighted by atomic mass is 10.2. The molecule has 0 N–H and O–H groups in total. The van der Waals surface area contributed by atoms with Gasteiger partial charge in [-0.05, 0) is 26.0 Å². The summed E-state index contributed by atoms with van der Waals surface area (Å²) < 4.78 is 7.35. The SMILES string of the molecule is Cc1ccc(OCCN2CCN(C(=O)c3cc(C)n(C)n3)CC2)nn1. The van der Waals surface area contributed by atoms with E-state index in [1.807, 2.05) is 44.0 Å². The van der Waals surface area contributed by atoms with E-state index in [2.05, 4.69) is 20.2 Å². The maximum atomic E-state index is 12.5. The summed E-state index contributed by atoms with van der Waals surface area (Å²) in [6, 6.07) is 5.55. The first kappa shape index (κ1) is 17.3. The summed E-state index contributed by atoms with van der Waals surface area (Å²) >= 11 is 0. The Kier molecular flexibility index (Phi) is 5.28. The third kappa shape index (κ3) is 4.33. The Hall–Kier alpha value is -2.48. The van der Waals surface area contributed by atoms with Crippen LogP contribution in [-0.4, -0.2) is 75.0 Å². The molecule has 0 aromatic carbocycles. The van der Waals surface area contributed by atoms with Gasteiger partial charge in [-0.1, -0.05) is 0 Å². The van der Waals surface area contributed by atoms with Crippen LogP contribution in [0.2, 0.25) is 0 Å². The molecule has 2 aromatic heterocycles. The second-order valence-corrected chi connectivity index (χ2v) is 6.29. The molecule has 25 heavy (non-hydrogen) atoms. The Morgan fingerprint density at radius 3 is 2.52 bits per heavy atom. The zero-order valence-electron chi connectivity index (χ0n) is 15.0. The predicted octanol–water partition coefficient (Wildman–Crippen LogP) is 0.664. The van der Waals surface area contributed by atoms with Crippen LogP contribution in [0.3, 0.4) is 0 Å². The molecule has 1 amide bonds. The zero-order valence-corrected chi connectivity index (χ0v) is 15.0. The number of rotatable bonds is 5. The van der Waals surface area contributed by atoms with Crippen LogP contribution in [0, 0.1) is 13.8 Å². The first-order valence-corrected chi connectivity index (χ1v) is 8.48. The van der Waals surface area contributed by atoms with Crippen LogP contribution in [0.25, 0.3) is 0 Å². The molecule has 3 heterocycles. The Morgan fingerprint density at radius 1 is 1.16 bits per heavy atom. The van der Waals surface area contributed by atoms with Crippen molar-refractivity contribution in [2.75, 3.05) is 39.3 Å². The summed E-state index contributed by atoms with van der Waals surface area (Å²) in [5.74, 6) is 0.555. The third-order valence-electron chi connectivity index (χ3n) is 4.42. The number of hydrogen-bond acceptors (Lipinski definition) is 6. The molecule has 0 saturated carbocycles. The average Bonchev–Trinajstić information content (AvgIpc) is 2.96. The number of nitrogens with zero attached hydrogens (tertiary/aromatic N) is 6. The Bertz CT molecular complexity index is 700. The molecule has 1 saturated heterocycles. The van der Waals surface area contributed by atoms with Gasteiger partial charge in [0.05, 0.1) is 5.69 Å². The minimum absolute atomic E-state index is 0.00882. The van der Waals surface area contributed by atoms with Crippen molar-refractivity contribution >= 4 is 5.91 Å². The van der Waals surface area contributed by atoms with Gasteiger partial charge in [-0.3, -0.25) is 14.4 Å². The van der Waals surface area contributed by atoms with Gasteiger partial charge in [0.1, 0.15) is 6.61 Å². The van der Waals surface area contributed by atoms with Crippen molar-refractivity contribution in [3.05, 3.63) is 35.3 Å². The molecule has 2 aromatic rings. The summed E-state index contributed by atoms with van der Waals surface area (Å²) in [4.78, 5) is 16.6. The zero-order chi connectivity index (χ0) is 17.8. The number of amides is 1. The largest absolute Gasteiger partial charge is 0.475 e. The fraction of sp³-hybridized carbons (Fsp3) is 0.529. The van der Waals surface area contributed by atoms with Crippen molar-refractivity contribution in [1.29, 1.82) is 0 Å². The molecular formula is C17H24N6O2. The van der Waals surface area contributed by atoms with Gasteiger partial charge in [-0.2, -0.15) is 10.2 Å². The fourth-order valence-corrected chi connectivity index (χ4v) is 2.74. The molecule has 1 aliphatic heterocycles. The molecular weight excluding hydrogens is 320 g/mol. The quantitative estimate of drug-likeness (QED) is 0.793. The summed E-state index contributed by atoms with van der Waals surface area (Å²) in [5, 5.41) is 12.2. The lowest BCUT2D eigenvalue weighted by Gasteiger charge is -2.34. The van der Waals surface area contributed by atoms with E-state index in [4.69, 9.17) is 4.74 Å². The topological polar surface area (TPSA) is 76.4 Å². The van der Waals surface area contributed by atoms with Gasteiger partial charge in [0, 0.05) is 51.5 Å². The van der Waals surface area contributed by atoms with Crippen LogP contribution in [0.15, 0.2) is 18.2 Å². The van der Waals surface area contributed by atoms with E-state index in [0.717, 1.165) is 31.0 Å². The van der Waals surface area contributed by atoms with E-state index in [-0.39, 0.29) is 5.91 Å². The second-order valence-electron chi connectivity index (χ2n) is 6.29. The number of carbonyl (C=O) groups excluding carboxylic acids is 1. The minimum Gasteiger partial charge on any atom is -0.475 e. The Morgan fingerprint density at radius 2 is 1.92 bits per heavy atom. The van der Waals surface area contributed by atoms with Crippen molar-refractivity contribution in [3.63, 3.8) is 0 Å². The minimum atomic E-state index is 0.00882. The number of hydrogen-bond donors (Lipinski definition) is 0. The summed E-state index contributed by atoms with van der Waals surface area (Å²) in [7, 11) is 1.85. The Labute approximate surface area is 147 Å². The number of carbonyl (C=O) groups is 1. The molecule has 0 aliphatic carbocycles. The second kappa shape index (κ2) is 7.60. The highest BCUT2D eigenvalue weighted by Gasteiger charge is 2.23. The smallest absolute Gasteiger partial charge is 0.274 e. The van der Waals surface area contributed by atoms with E-state index in [1.54, 1.807) is 4.68 Å². The monoisotopic (exact) mass is 344 g/mol. The molecule has 134 valence electrons. The third-order valence-corrected chi connectivity index (χ3v) is 4.42. The number of aryl methyl sites for hydroxylation is 3. The molecule has 0 spiro atoms. The molecule has 0 bridgehead atoms. The number of piperazine rings is 1. The lowest BCUT2D eigenvalue weighted by molar-refractivity contribution is 0.0613. The predicted molar refractivity (Wildman–Crippen MR) is 92.6 cm³/mol. The summed E-state index contributed by atoms with van der Waals surface area (Å²) in [6.45, 7) is 8.29. The van der Waals surface area contributed by atoms with Gasteiger partial charge in [0.2, 0.25) is 5.88 Å². The van der Waals surface area contributed by atoms with Crippen molar-refractivity contribution in [3.8, 4) is 5.88 Å². The van der Waals surface area contributed by atoms with Crippen molar-refractivity contribution < 1.29 is 9.53 Å². The highest BCUT2D eigenvalue weighted by molar-refractivity contribution is 5.92. The normalized spacial score (nSPS) is 15.4. The molecule has 1 aliphatic rings. The summed E-state index contributed by atoms with van der Waals surface area (Å²) in [5.41, 5.74) is 2.38. The van der Waals surface area contributed by atoms with Gasteiger partial charge in [-0.15, -0.1) is 5.10 Å². The highest BCUT2D eigenvalue weighted by Crippen LogP contribution is 2.10. The van der Waals surface area contributed by atoms with Gasteiger partial charge in [0.15, 0.2) is 5.69 Å². The van der Waals surface area contributed by atoms with Crippen molar-refractivity contribution in [1.82, 2.24) is 29.8 Å². The standard InChI is InChI=1S/C17H24N6O2/c1-13-4-5-16(19-18-13)25-11-10-22-6-8-23(9-7-22)17(24)15-12-14(2)21(3)20-15/h4-5,12H,6-11H2,1-3H3. The van der Waals surface area contributed by atoms with E-state index < -0.39 is 0 Å². The van der Waals surface area contributed by atoms with Gasteiger partial charge in [-0.25, -0.2) is 0 Å². The van der Waals surface area contributed by atoms with E-state index in [1.165, 1.54) is 0 Å². The van der Waals surface area contributed by atoms with Crippen LogP contribution >= 0.6 is 0 Å². The van der Waals surface area contributed by atoms with Crippen LogP contribution in [0.5, 0.6) is 5.88 Å². The lowest BCUT2D eigenvalue weighted by Crippen LogP contribution is -2.49. The van der Waals surface area contributed by atoms with Gasteiger partial charge < -0.3 is 9.64 Å². The first-order chi connectivity index (χ1) is 12.0. The van der Waals surface area contributed by atoms with Gasteiger partial charge in [0.25, 0.3) is 5.91 Å². The maximum Gasteiger partial charge on any atom is 0.274 e. The van der Waals surface area contributed by atoms with E-state index in [9.17, 15) is 4.79 Å². The van der Waals surface area contributed by atoms with E-state index in [0.29, 0.717) is 31.3 Å². The Balaban J connectivity index is 1.42. The number of aromatic nitrogens is 4. The van der Waals surface area contributed by atoms with E-state index >= 15 is 0 Å². The number of ether oxygens (including phenoxy) is 1. The summed E-state index contributed by atoms with van der Waals surface area (Å²) in [6.07, 6.45) is 0. The molecule has 8 heteroatoms. The molecule has 8 nitrogen and oxygen atoms in total. The molecule has 3 rings (SSSR count). The van der Waals surface area contributed by atoms with Gasteiger partial charge >= 0.3 is 0 Å². The molecule has 0 radical (unpaired) electrons. The van der Waals surface area contributed by atoms with Crippen molar-refractivity contribution in [2.45, 2.75) is 13.8 Å². The average molecular weight is 344 g/mol. The highest BCUT2D eigenvalue weighted by atomic mass is 16.5. The van der Waals surface area contributed by atoms with Crippen molar-refractivity contribution in [2.24, 2.45) is 7.05 Å². The molecule has 0 unspecified atom stereocenters. The van der Waals surface area contributed by atoms with Crippen LogP contribution in [0.1, 0.15) is 21.9 Å². The molecule has 0 atom stereocenters. The molecule has 1 fully saturated rings. The fourth-order valence-electron chi connectivity index (χ4n) is 2.74.